The van der Waals surface area contributed by atoms with Crippen LogP contribution in [0.2, 0.25) is 0 Å². The highest BCUT2D eigenvalue weighted by Gasteiger charge is 2.44. The Morgan fingerprint density at radius 3 is 2.35 bits per heavy atom. The van der Waals surface area contributed by atoms with Crippen LogP contribution in [0.5, 0.6) is 0 Å². The molecule has 1 atom stereocenters. The maximum Gasteiger partial charge on any atom is 0.137 e. The summed E-state index contributed by atoms with van der Waals surface area (Å²) < 4.78 is 2.41. The molecule has 1 aromatic rings. The molecule has 0 aliphatic heterocycles. The highest BCUT2D eigenvalue weighted by Crippen LogP contribution is 2.43. The Kier molecular flexibility index (Phi) is 4.80. The van der Waals surface area contributed by atoms with Gasteiger partial charge in [-0.25, -0.2) is 9.67 Å². The zero-order chi connectivity index (χ0) is 13.3. The van der Waals surface area contributed by atoms with Crippen molar-refractivity contribution in [2.75, 3.05) is 0 Å². The van der Waals surface area contributed by atoms with Gasteiger partial charge in [-0.15, -0.1) is 0 Å². The molecule has 1 rings (SSSR count). The Morgan fingerprint density at radius 1 is 1.41 bits per heavy atom. The van der Waals surface area contributed by atoms with Gasteiger partial charge in [0.05, 0.1) is 15.0 Å². The van der Waals surface area contributed by atoms with E-state index in [0.29, 0.717) is 8.42 Å². The SMILES string of the molecule is CC(C)(C)C(O)(Cn1cncn1)C(Br)=C(Cl)Br. The Labute approximate surface area is 122 Å². The van der Waals surface area contributed by atoms with Crippen molar-refractivity contribution in [1.82, 2.24) is 14.8 Å². The van der Waals surface area contributed by atoms with Crippen molar-refractivity contribution in [3.8, 4) is 0 Å². The third-order valence-corrected chi connectivity index (χ3v) is 5.03. The predicted molar refractivity (Wildman–Crippen MR) is 75.2 cm³/mol. The molecule has 0 aliphatic rings. The molecule has 0 spiro atoms. The summed E-state index contributed by atoms with van der Waals surface area (Å²) in [6.45, 7) is 6.05. The zero-order valence-corrected chi connectivity index (χ0v) is 13.7. The van der Waals surface area contributed by atoms with Gasteiger partial charge in [-0.05, 0) is 21.3 Å². The van der Waals surface area contributed by atoms with Gasteiger partial charge < -0.3 is 5.11 Å². The van der Waals surface area contributed by atoms with Gasteiger partial charge in [-0.1, -0.05) is 48.3 Å². The van der Waals surface area contributed by atoms with Crippen molar-refractivity contribution in [3.05, 3.63) is 21.1 Å². The molecule has 4 nitrogen and oxygen atoms in total. The van der Waals surface area contributed by atoms with Crippen LogP contribution in [-0.4, -0.2) is 25.5 Å². The summed E-state index contributed by atoms with van der Waals surface area (Å²) in [5.41, 5.74) is -1.60. The second-order valence-corrected chi connectivity index (χ2v) is 7.20. The van der Waals surface area contributed by atoms with Crippen molar-refractivity contribution in [3.63, 3.8) is 0 Å². The van der Waals surface area contributed by atoms with Gasteiger partial charge in [0.25, 0.3) is 0 Å². The average molecular weight is 388 g/mol. The molecule has 0 amide bonds. The molecule has 7 heteroatoms. The standard InChI is InChI=1S/C10H14Br2ClN3O/c1-9(2,3)10(17,7(11)8(12)13)4-16-6-14-5-15-16/h5-6,17H,4H2,1-3H3. The van der Waals surface area contributed by atoms with Crippen molar-refractivity contribution in [1.29, 1.82) is 0 Å². The van der Waals surface area contributed by atoms with Gasteiger partial charge in [0.15, 0.2) is 0 Å². The van der Waals surface area contributed by atoms with Crippen LogP contribution in [0.25, 0.3) is 0 Å². The summed E-state index contributed by atoms with van der Waals surface area (Å²) in [6, 6.07) is 0. The van der Waals surface area contributed by atoms with Crippen LogP contribution in [0.3, 0.4) is 0 Å². The fourth-order valence-corrected chi connectivity index (χ4v) is 2.55. The molecule has 0 radical (unpaired) electrons. The Balaban J connectivity index is 3.17. The topological polar surface area (TPSA) is 50.9 Å². The number of nitrogens with zero attached hydrogens (tertiary/aromatic N) is 3. The Morgan fingerprint density at radius 2 is 2.00 bits per heavy atom. The summed E-state index contributed by atoms with van der Waals surface area (Å²) in [7, 11) is 0. The van der Waals surface area contributed by atoms with Crippen molar-refractivity contribution < 1.29 is 5.11 Å². The van der Waals surface area contributed by atoms with E-state index in [1.165, 1.54) is 6.33 Å². The molecule has 0 fully saturated rings. The van der Waals surface area contributed by atoms with Gasteiger partial charge in [-0.2, -0.15) is 5.10 Å². The number of halogens is 3. The maximum absolute atomic E-state index is 10.9. The first-order valence-corrected chi connectivity index (χ1v) is 6.91. The van der Waals surface area contributed by atoms with Crippen molar-refractivity contribution in [2.24, 2.45) is 5.41 Å². The molecular weight excluding hydrogens is 373 g/mol. The number of aliphatic hydroxyl groups is 1. The molecular formula is C10H14Br2ClN3O. The second-order valence-electron chi connectivity index (χ2n) is 4.78. The minimum atomic E-state index is -1.18. The third kappa shape index (κ3) is 3.30. The van der Waals surface area contributed by atoms with E-state index in [1.54, 1.807) is 11.0 Å². The smallest absolute Gasteiger partial charge is 0.137 e. The zero-order valence-electron chi connectivity index (χ0n) is 9.78. The predicted octanol–water partition coefficient (Wildman–Crippen LogP) is 3.25. The lowest BCUT2D eigenvalue weighted by Gasteiger charge is -2.40. The molecule has 1 unspecified atom stereocenters. The van der Waals surface area contributed by atoms with Gasteiger partial charge in [-0.3, -0.25) is 0 Å². The third-order valence-electron chi connectivity index (χ3n) is 2.63. The highest BCUT2D eigenvalue weighted by molar-refractivity contribution is 9.14. The van der Waals surface area contributed by atoms with Gasteiger partial charge in [0, 0.05) is 0 Å². The van der Waals surface area contributed by atoms with Crippen molar-refractivity contribution in [2.45, 2.75) is 32.9 Å². The lowest BCUT2D eigenvalue weighted by Crippen LogP contribution is -2.47. The van der Waals surface area contributed by atoms with Crippen LogP contribution in [0.4, 0.5) is 0 Å². The molecule has 0 aromatic carbocycles. The largest absolute Gasteiger partial charge is 0.382 e. The van der Waals surface area contributed by atoms with E-state index in [0.717, 1.165) is 0 Å². The van der Waals surface area contributed by atoms with Gasteiger partial charge in [0.2, 0.25) is 0 Å². The van der Waals surface area contributed by atoms with Crippen LogP contribution in [0.15, 0.2) is 21.1 Å². The lowest BCUT2D eigenvalue weighted by molar-refractivity contribution is -0.0331. The monoisotopic (exact) mass is 385 g/mol. The normalized spacial score (nSPS) is 17.6. The van der Waals surface area contributed by atoms with Gasteiger partial charge in [0.1, 0.15) is 18.3 Å². The molecule has 1 aromatic heterocycles. The maximum atomic E-state index is 10.9. The molecule has 0 saturated carbocycles. The first-order valence-electron chi connectivity index (χ1n) is 4.94. The number of rotatable bonds is 3. The summed E-state index contributed by atoms with van der Waals surface area (Å²) in [6.07, 6.45) is 2.98. The summed E-state index contributed by atoms with van der Waals surface area (Å²) in [5.74, 6) is 0. The van der Waals surface area contributed by atoms with E-state index in [9.17, 15) is 5.11 Å². The lowest BCUT2D eigenvalue weighted by atomic mass is 9.76. The summed E-state index contributed by atoms with van der Waals surface area (Å²) in [5, 5.41) is 14.9. The summed E-state index contributed by atoms with van der Waals surface area (Å²) >= 11 is 12.4. The van der Waals surface area contributed by atoms with E-state index in [4.69, 9.17) is 11.6 Å². The Bertz CT molecular complexity index is 410. The molecule has 0 aliphatic carbocycles. The van der Waals surface area contributed by atoms with Gasteiger partial charge >= 0.3 is 0 Å². The molecule has 17 heavy (non-hydrogen) atoms. The fourth-order valence-electron chi connectivity index (χ4n) is 1.34. The molecule has 0 bridgehead atoms. The number of hydrogen-bond donors (Lipinski definition) is 1. The van der Waals surface area contributed by atoms with E-state index in [2.05, 4.69) is 41.9 Å². The quantitative estimate of drug-likeness (QED) is 0.866. The van der Waals surface area contributed by atoms with Crippen LogP contribution < -0.4 is 0 Å². The van der Waals surface area contributed by atoms with E-state index in [-0.39, 0.29) is 6.54 Å². The minimum Gasteiger partial charge on any atom is -0.382 e. The Hall–Kier alpha value is 0.0900. The van der Waals surface area contributed by atoms with Crippen LogP contribution in [0, 0.1) is 5.41 Å². The molecule has 1 heterocycles. The number of aromatic nitrogens is 3. The van der Waals surface area contributed by atoms with Crippen molar-refractivity contribution >= 4 is 43.5 Å². The first-order chi connectivity index (χ1) is 7.68. The summed E-state index contributed by atoms with van der Waals surface area (Å²) in [4.78, 5) is 3.86. The minimum absolute atomic E-state index is 0.263. The molecule has 96 valence electrons. The second kappa shape index (κ2) is 5.38. The number of hydrogen-bond acceptors (Lipinski definition) is 3. The first kappa shape index (κ1) is 15.1. The molecule has 0 saturated heterocycles. The highest BCUT2D eigenvalue weighted by atomic mass is 79.9. The fraction of sp³-hybridized carbons (Fsp3) is 0.600. The van der Waals surface area contributed by atoms with Crippen LogP contribution in [0.1, 0.15) is 20.8 Å². The molecule has 1 N–H and O–H groups in total. The average Bonchev–Trinajstić information content (AvgIpc) is 2.67. The van der Waals surface area contributed by atoms with Crippen LogP contribution in [-0.2, 0) is 6.54 Å². The van der Waals surface area contributed by atoms with Crippen LogP contribution >= 0.6 is 43.5 Å². The van der Waals surface area contributed by atoms with E-state index < -0.39 is 11.0 Å². The van der Waals surface area contributed by atoms with E-state index >= 15 is 0 Å². The van der Waals surface area contributed by atoms with E-state index in [1.807, 2.05) is 20.8 Å².